The molecule has 0 unspecified atom stereocenters. The maximum atomic E-state index is 11.1. The number of halogens is 2. The number of benzene rings is 1. The molecule has 74 valence electrons. The number of ketones is 1. The van der Waals surface area contributed by atoms with Gasteiger partial charge in [0.2, 0.25) is 0 Å². The van der Waals surface area contributed by atoms with Crippen LogP contribution in [0.2, 0.25) is 0 Å². The first-order valence-electron chi connectivity index (χ1n) is 3.58. The van der Waals surface area contributed by atoms with Crippen molar-refractivity contribution in [2.75, 3.05) is 0 Å². The number of hydrogen-bond donors (Lipinski definition) is 0. The van der Waals surface area contributed by atoms with Crippen molar-refractivity contribution in [1.29, 1.82) is 0 Å². The largest absolute Gasteiger partial charge is 0.294 e. The normalized spacial score (nSPS) is 9.93. The molecule has 1 rings (SSSR count). The van der Waals surface area contributed by atoms with Crippen LogP contribution in [0, 0.1) is 10.1 Å². The molecule has 0 N–H and O–H groups in total. The van der Waals surface area contributed by atoms with E-state index in [9.17, 15) is 14.9 Å². The van der Waals surface area contributed by atoms with E-state index in [-0.39, 0.29) is 17.0 Å². The minimum absolute atomic E-state index is 0.102. The lowest BCUT2D eigenvalue weighted by Gasteiger charge is -2.01. The van der Waals surface area contributed by atoms with Gasteiger partial charge in [0.05, 0.1) is 10.5 Å². The van der Waals surface area contributed by atoms with E-state index in [1.807, 2.05) is 0 Å². The fourth-order valence-corrected chi connectivity index (χ4v) is 1.64. The maximum Gasteiger partial charge on any atom is 0.281 e. The van der Waals surface area contributed by atoms with Crippen molar-refractivity contribution in [3.63, 3.8) is 0 Å². The number of Topliss-reactive ketones (excluding diaryl/α,β-unsaturated/α-hetero) is 1. The van der Waals surface area contributed by atoms with Crippen LogP contribution in [0.15, 0.2) is 21.1 Å². The second kappa shape index (κ2) is 4.18. The minimum atomic E-state index is -0.575. The molecule has 4 nitrogen and oxygen atoms in total. The van der Waals surface area contributed by atoms with Gasteiger partial charge in [-0.2, -0.15) is 0 Å². The van der Waals surface area contributed by atoms with Crippen LogP contribution in [0.1, 0.15) is 17.3 Å². The summed E-state index contributed by atoms with van der Waals surface area (Å²) >= 11 is 6.31. The molecule has 0 fully saturated rings. The summed E-state index contributed by atoms with van der Waals surface area (Å²) in [4.78, 5) is 21.1. The molecule has 0 aliphatic carbocycles. The Morgan fingerprint density at radius 3 is 2.29 bits per heavy atom. The highest BCUT2D eigenvalue weighted by molar-refractivity contribution is 9.13. The summed E-state index contributed by atoms with van der Waals surface area (Å²) in [6.45, 7) is 1.29. The fraction of sp³-hybridized carbons (Fsp3) is 0.125. The molecule has 0 aliphatic heterocycles. The van der Waals surface area contributed by atoms with Crippen LogP contribution in [-0.4, -0.2) is 10.7 Å². The minimum Gasteiger partial charge on any atom is -0.294 e. The Morgan fingerprint density at radius 2 is 1.86 bits per heavy atom. The average Bonchev–Trinajstić information content (AvgIpc) is 2.08. The van der Waals surface area contributed by atoms with Gasteiger partial charge in [0, 0.05) is 15.0 Å². The van der Waals surface area contributed by atoms with E-state index in [4.69, 9.17) is 0 Å². The van der Waals surface area contributed by atoms with Gasteiger partial charge in [-0.05, 0) is 44.8 Å². The number of nitro benzene ring substituents is 1. The van der Waals surface area contributed by atoms with Crippen LogP contribution < -0.4 is 0 Å². The van der Waals surface area contributed by atoms with Gasteiger partial charge in [-0.3, -0.25) is 14.9 Å². The predicted molar refractivity (Wildman–Crippen MR) is 58.5 cm³/mol. The Kier molecular flexibility index (Phi) is 3.38. The zero-order chi connectivity index (χ0) is 10.9. The summed E-state index contributed by atoms with van der Waals surface area (Å²) in [7, 11) is 0. The standard InChI is InChI=1S/C8H5Br2NO3/c1-4(12)5-2-6(9)7(10)3-8(5)11(13)14/h2-3H,1H3. The van der Waals surface area contributed by atoms with Gasteiger partial charge in [0.1, 0.15) is 0 Å². The van der Waals surface area contributed by atoms with E-state index in [2.05, 4.69) is 31.9 Å². The van der Waals surface area contributed by atoms with Crippen molar-refractivity contribution in [2.45, 2.75) is 6.92 Å². The summed E-state index contributed by atoms with van der Waals surface area (Å²) in [5.74, 6) is -0.329. The summed E-state index contributed by atoms with van der Waals surface area (Å²) < 4.78 is 1.17. The van der Waals surface area contributed by atoms with Gasteiger partial charge in [-0.1, -0.05) is 0 Å². The lowest BCUT2D eigenvalue weighted by molar-refractivity contribution is -0.385. The predicted octanol–water partition coefficient (Wildman–Crippen LogP) is 3.32. The lowest BCUT2D eigenvalue weighted by Crippen LogP contribution is -2.00. The molecule has 0 heterocycles. The number of nitro groups is 1. The SMILES string of the molecule is CC(=O)c1cc(Br)c(Br)cc1[N+](=O)[O-]. The van der Waals surface area contributed by atoms with E-state index >= 15 is 0 Å². The Labute approximate surface area is 96.7 Å². The van der Waals surface area contributed by atoms with Gasteiger partial charge in [-0.25, -0.2) is 0 Å². The Balaban J connectivity index is 3.46. The van der Waals surface area contributed by atoms with E-state index in [0.29, 0.717) is 8.95 Å². The molecular weight excluding hydrogens is 318 g/mol. The van der Waals surface area contributed by atoms with E-state index in [0.717, 1.165) is 0 Å². The first kappa shape index (κ1) is 11.3. The molecule has 0 aliphatic rings. The molecule has 14 heavy (non-hydrogen) atoms. The highest BCUT2D eigenvalue weighted by atomic mass is 79.9. The van der Waals surface area contributed by atoms with Gasteiger partial charge >= 0.3 is 0 Å². The molecule has 0 atom stereocenters. The van der Waals surface area contributed by atoms with Gasteiger partial charge < -0.3 is 0 Å². The quantitative estimate of drug-likeness (QED) is 0.476. The smallest absolute Gasteiger partial charge is 0.281 e. The molecule has 1 aromatic rings. The third-order valence-electron chi connectivity index (χ3n) is 1.61. The third-order valence-corrected chi connectivity index (χ3v) is 3.46. The molecule has 0 saturated carbocycles. The van der Waals surface area contributed by atoms with Crippen molar-refractivity contribution in [1.82, 2.24) is 0 Å². The fourth-order valence-electron chi connectivity index (χ4n) is 0.969. The number of carbonyl (C=O) groups excluding carboxylic acids is 1. The zero-order valence-electron chi connectivity index (χ0n) is 7.08. The molecule has 6 heteroatoms. The van der Waals surface area contributed by atoms with Crippen molar-refractivity contribution < 1.29 is 9.72 Å². The first-order chi connectivity index (χ1) is 6.43. The molecule has 0 spiro atoms. The van der Waals surface area contributed by atoms with Gasteiger partial charge in [0.15, 0.2) is 5.78 Å². The topological polar surface area (TPSA) is 60.2 Å². The van der Waals surface area contributed by atoms with Crippen LogP contribution in [0.3, 0.4) is 0 Å². The Bertz CT molecular complexity index is 378. The van der Waals surface area contributed by atoms with Crippen LogP contribution in [0.4, 0.5) is 5.69 Å². The zero-order valence-corrected chi connectivity index (χ0v) is 10.3. The highest BCUT2D eigenvalue weighted by Gasteiger charge is 2.19. The summed E-state index contributed by atoms with van der Waals surface area (Å²) in [6.07, 6.45) is 0. The number of carbonyl (C=O) groups is 1. The van der Waals surface area contributed by atoms with Crippen LogP contribution >= 0.6 is 31.9 Å². The Morgan fingerprint density at radius 1 is 1.36 bits per heavy atom. The van der Waals surface area contributed by atoms with Crippen molar-refractivity contribution in [3.05, 3.63) is 36.8 Å². The Hall–Kier alpha value is -0.750. The van der Waals surface area contributed by atoms with Crippen molar-refractivity contribution in [3.8, 4) is 0 Å². The number of nitrogens with zero attached hydrogens (tertiary/aromatic N) is 1. The van der Waals surface area contributed by atoms with Crippen LogP contribution in [0.5, 0.6) is 0 Å². The molecule has 0 saturated heterocycles. The number of hydrogen-bond acceptors (Lipinski definition) is 3. The van der Waals surface area contributed by atoms with Crippen molar-refractivity contribution in [2.24, 2.45) is 0 Å². The molecular formula is C8H5Br2NO3. The first-order valence-corrected chi connectivity index (χ1v) is 5.16. The maximum absolute atomic E-state index is 11.1. The summed E-state index contributed by atoms with van der Waals surface area (Å²) in [5, 5.41) is 10.6. The van der Waals surface area contributed by atoms with Crippen LogP contribution in [-0.2, 0) is 0 Å². The molecule has 0 aromatic heterocycles. The molecule has 0 radical (unpaired) electrons. The lowest BCUT2D eigenvalue weighted by atomic mass is 10.1. The van der Waals surface area contributed by atoms with Crippen molar-refractivity contribution >= 4 is 43.3 Å². The summed E-state index contributed by atoms with van der Waals surface area (Å²) in [6, 6.07) is 2.74. The number of rotatable bonds is 2. The molecule has 0 bridgehead atoms. The molecule has 0 amide bonds. The van der Waals surface area contributed by atoms with Crippen LogP contribution in [0.25, 0.3) is 0 Å². The summed E-state index contributed by atoms with van der Waals surface area (Å²) in [5.41, 5.74) is -0.0855. The van der Waals surface area contributed by atoms with Gasteiger partial charge in [-0.15, -0.1) is 0 Å². The van der Waals surface area contributed by atoms with E-state index in [1.165, 1.54) is 19.1 Å². The second-order valence-electron chi connectivity index (χ2n) is 2.60. The second-order valence-corrected chi connectivity index (χ2v) is 4.31. The third kappa shape index (κ3) is 2.19. The molecule has 1 aromatic carbocycles. The van der Waals surface area contributed by atoms with E-state index in [1.54, 1.807) is 0 Å². The van der Waals surface area contributed by atoms with E-state index < -0.39 is 4.92 Å². The highest BCUT2D eigenvalue weighted by Crippen LogP contribution is 2.31. The van der Waals surface area contributed by atoms with Gasteiger partial charge in [0.25, 0.3) is 5.69 Å². The monoisotopic (exact) mass is 321 g/mol. The average molecular weight is 323 g/mol.